The van der Waals surface area contributed by atoms with Gasteiger partial charge in [0.25, 0.3) is 5.56 Å². The Bertz CT molecular complexity index is 1380. The zero-order valence-electron chi connectivity index (χ0n) is 17.7. The number of nitrogens with two attached hydrogens (primary N) is 1. The van der Waals surface area contributed by atoms with Crippen molar-refractivity contribution >= 4 is 34.1 Å². The SMILES string of the molecule is CCC(Nc1ncnc(N)c1-c1ncnn1C)c1nc2cccc(Cl)c2c(=O)n1C1CC1. The van der Waals surface area contributed by atoms with Crippen molar-refractivity contribution in [2.24, 2.45) is 7.05 Å². The molecule has 32 heavy (non-hydrogen) atoms. The Balaban J connectivity index is 1.65. The van der Waals surface area contributed by atoms with Crippen molar-refractivity contribution in [1.29, 1.82) is 0 Å². The van der Waals surface area contributed by atoms with Crippen LogP contribution in [0.5, 0.6) is 0 Å². The third-order valence-electron chi connectivity index (χ3n) is 5.66. The van der Waals surface area contributed by atoms with E-state index in [4.69, 9.17) is 22.3 Å². The van der Waals surface area contributed by atoms with E-state index in [1.54, 1.807) is 28.4 Å². The maximum atomic E-state index is 13.4. The van der Waals surface area contributed by atoms with Gasteiger partial charge < -0.3 is 11.1 Å². The van der Waals surface area contributed by atoms with Gasteiger partial charge in [-0.05, 0) is 31.4 Å². The number of aryl methyl sites for hydroxylation is 1. The summed E-state index contributed by atoms with van der Waals surface area (Å²) in [4.78, 5) is 31.1. The van der Waals surface area contributed by atoms with Crippen LogP contribution in [0, 0.1) is 0 Å². The summed E-state index contributed by atoms with van der Waals surface area (Å²) >= 11 is 6.35. The van der Waals surface area contributed by atoms with E-state index in [2.05, 4.69) is 25.4 Å². The van der Waals surface area contributed by atoms with E-state index in [9.17, 15) is 4.79 Å². The van der Waals surface area contributed by atoms with Gasteiger partial charge in [0.05, 0.1) is 22.0 Å². The standard InChI is InChI=1S/C21H22ClN9O/c1-3-13(28-18-16(17(23)24-9-25-18)20-26-10-27-30(20)2)19-29-14-6-4-5-12(22)15(14)21(32)31(19)11-7-8-11/h4-6,9-11,13H,3,7-8H2,1-2H3,(H3,23,24,25,28). The normalized spacial score (nSPS) is 14.6. The molecule has 1 saturated carbocycles. The van der Waals surface area contributed by atoms with Crippen LogP contribution in [-0.4, -0.2) is 34.3 Å². The van der Waals surface area contributed by atoms with E-state index in [-0.39, 0.29) is 23.5 Å². The van der Waals surface area contributed by atoms with Gasteiger partial charge in [-0.3, -0.25) is 9.36 Å². The Labute approximate surface area is 188 Å². The summed E-state index contributed by atoms with van der Waals surface area (Å²) in [7, 11) is 1.77. The van der Waals surface area contributed by atoms with Gasteiger partial charge in [0.15, 0.2) is 5.82 Å². The van der Waals surface area contributed by atoms with Gasteiger partial charge in [0, 0.05) is 13.1 Å². The Morgan fingerprint density at radius 2 is 2.06 bits per heavy atom. The fourth-order valence-electron chi connectivity index (χ4n) is 3.92. The van der Waals surface area contributed by atoms with Crippen LogP contribution < -0.4 is 16.6 Å². The number of rotatable bonds is 6. The molecular weight excluding hydrogens is 430 g/mol. The van der Waals surface area contributed by atoms with Gasteiger partial charge in [-0.15, -0.1) is 0 Å². The smallest absolute Gasteiger partial charge is 0.263 e. The summed E-state index contributed by atoms with van der Waals surface area (Å²) in [6.07, 6.45) is 5.37. The molecule has 3 heterocycles. The number of nitrogens with one attached hydrogen (secondary N) is 1. The summed E-state index contributed by atoms with van der Waals surface area (Å²) in [5, 5.41) is 8.42. The van der Waals surface area contributed by atoms with Gasteiger partial charge in [0.2, 0.25) is 0 Å². The van der Waals surface area contributed by atoms with Gasteiger partial charge in [-0.25, -0.2) is 24.6 Å². The minimum absolute atomic E-state index is 0.117. The lowest BCUT2D eigenvalue weighted by Crippen LogP contribution is -2.29. The topological polar surface area (TPSA) is 129 Å². The lowest BCUT2D eigenvalue weighted by atomic mass is 10.1. The molecule has 11 heteroatoms. The van der Waals surface area contributed by atoms with Crippen LogP contribution in [0.3, 0.4) is 0 Å². The Morgan fingerprint density at radius 3 is 2.75 bits per heavy atom. The first-order valence-corrected chi connectivity index (χ1v) is 10.8. The number of aromatic nitrogens is 7. The van der Waals surface area contributed by atoms with Crippen molar-refractivity contribution in [3.05, 3.63) is 52.1 Å². The maximum absolute atomic E-state index is 13.4. The molecule has 164 valence electrons. The molecule has 0 spiro atoms. The highest BCUT2D eigenvalue weighted by atomic mass is 35.5. The lowest BCUT2D eigenvalue weighted by Gasteiger charge is -2.23. The Hall–Kier alpha value is -3.53. The molecule has 0 bridgehead atoms. The van der Waals surface area contributed by atoms with Crippen molar-refractivity contribution in [2.75, 3.05) is 11.1 Å². The number of anilines is 2. The number of hydrogen-bond donors (Lipinski definition) is 2. The molecule has 3 aromatic heterocycles. The largest absolute Gasteiger partial charge is 0.383 e. The third-order valence-corrected chi connectivity index (χ3v) is 5.98. The highest BCUT2D eigenvalue weighted by molar-refractivity contribution is 6.35. The molecule has 0 aliphatic heterocycles. The fraction of sp³-hybridized carbons (Fsp3) is 0.333. The van der Waals surface area contributed by atoms with Crippen molar-refractivity contribution in [3.8, 4) is 11.4 Å². The summed E-state index contributed by atoms with van der Waals surface area (Å²) in [5.74, 6) is 1.98. The second kappa shape index (κ2) is 7.86. The predicted molar refractivity (Wildman–Crippen MR) is 122 cm³/mol. The maximum Gasteiger partial charge on any atom is 0.263 e. The molecular formula is C21H22ClN9O. The van der Waals surface area contributed by atoms with Crippen LogP contribution in [0.2, 0.25) is 5.02 Å². The molecule has 1 fully saturated rings. The van der Waals surface area contributed by atoms with Gasteiger partial charge in [0.1, 0.15) is 35.7 Å². The van der Waals surface area contributed by atoms with Crippen LogP contribution in [0.4, 0.5) is 11.6 Å². The lowest BCUT2D eigenvalue weighted by molar-refractivity contribution is 0.579. The summed E-state index contributed by atoms with van der Waals surface area (Å²) < 4.78 is 3.39. The van der Waals surface area contributed by atoms with Crippen molar-refractivity contribution in [3.63, 3.8) is 0 Å². The minimum atomic E-state index is -0.298. The monoisotopic (exact) mass is 451 g/mol. The molecule has 10 nitrogen and oxygen atoms in total. The Morgan fingerprint density at radius 1 is 1.25 bits per heavy atom. The van der Waals surface area contributed by atoms with Crippen LogP contribution in [0.15, 0.2) is 35.6 Å². The number of nitrogens with zero attached hydrogens (tertiary/aromatic N) is 7. The first kappa shape index (κ1) is 20.4. The predicted octanol–water partition coefficient (Wildman–Crippen LogP) is 3.12. The highest BCUT2D eigenvalue weighted by Gasteiger charge is 2.32. The molecule has 3 N–H and O–H groups in total. The molecule has 5 rings (SSSR count). The average molecular weight is 452 g/mol. The first-order valence-electron chi connectivity index (χ1n) is 10.4. The second-order valence-corrected chi connectivity index (χ2v) is 8.21. The molecule has 1 aliphatic rings. The molecule has 1 aliphatic carbocycles. The number of nitrogen functional groups attached to an aromatic ring is 1. The van der Waals surface area contributed by atoms with E-state index >= 15 is 0 Å². The van der Waals surface area contributed by atoms with Crippen LogP contribution >= 0.6 is 11.6 Å². The van der Waals surface area contributed by atoms with Crippen LogP contribution in [0.25, 0.3) is 22.3 Å². The summed E-state index contributed by atoms with van der Waals surface area (Å²) in [6.45, 7) is 2.02. The summed E-state index contributed by atoms with van der Waals surface area (Å²) in [5.41, 5.74) is 7.19. The zero-order chi connectivity index (χ0) is 22.4. The van der Waals surface area contributed by atoms with Crippen molar-refractivity contribution < 1.29 is 0 Å². The highest BCUT2D eigenvalue weighted by Crippen LogP contribution is 2.38. The van der Waals surface area contributed by atoms with E-state index in [1.807, 2.05) is 13.0 Å². The molecule has 0 amide bonds. The number of hydrogen-bond acceptors (Lipinski definition) is 8. The van der Waals surface area contributed by atoms with Gasteiger partial charge >= 0.3 is 0 Å². The molecule has 4 aromatic rings. The van der Waals surface area contributed by atoms with Crippen LogP contribution in [0.1, 0.15) is 44.1 Å². The van der Waals surface area contributed by atoms with Gasteiger partial charge in [-0.2, -0.15) is 5.10 Å². The zero-order valence-corrected chi connectivity index (χ0v) is 18.4. The molecule has 0 radical (unpaired) electrons. The second-order valence-electron chi connectivity index (χ2n) is 7.81. The minimum Gasteiger partial charge on any atom is -0.383 e. The molecule has 1 aromatic carbocycles. The molecule has 0 saturated heterocycles. The van der Waals surface area contributed by atoms with E-state index in [1.165, 1.54) is 12.7 Å². The Kier molecular flexibility index (Phi) is 5.01. The van der Waals surface area contributed by atoms with Crippen LogP contribution in [-0.2, 0) is 7.05 Å². The fourth-order valence-corrected chi connectivity index (χ4v) is 4.17. The number of halogens is 1. The van der Waals surface area contributed by atoms with E-state index in [0.717, 1.165) is 12.8 Å². The van der Waals surface area contributed by atoms with Crippen molar-refractivity contribution in [2.45, 2.75) is 38.3 Å². The number of benzene rings is 1. The van der Waals surface area contributed by atoms with Crippen molar-refractivity contribution in [1.82, 2.24) is 34.3 Å². The number of fused-ring (bicyclic) bond motifs is 1. The first-order chi connectivity index (χ1) is 15.5. The van der Waals surface area contributed by atoms with Gasteiger partial charge in [-0.1, -0.05) is 24.6 Å². The quantitative estimate of drug-likeness (QED) is 0.457. The van der Waals surface area contributed by atoms with E-state index in [0.29, 0.717) is 45.4 Å². The molecule has 1 atom stereocenters. The third kappa shape index (κ3) is 3.36. The summed E-state index contributed by atoms with van der Waals surface area (Å²) in [6, 6.07) is 5.15. The average Bonchev–Trinajstić information content (AvgIpc) is 3.52. The van der Waals surface area contributed by atoms with E-state index < -0.39 is 0 Å². The molecule has 1 unspecified atom stereocenters.